The maximum absolute atomic E-state index is 12.3. The Morgan fingerprint density at radius 1 is 1.10 bits per heavy atom. The van der Waals surface area contributed by atoms with Gasteiger partial charge in [-0.3, -0.25) is 4.79 Å². The van der Waals surface area contributed by atoms with Gasteiger partial charge in [-0.1, -0.05) is 19.1 Å². The van der Waals surface area contributed by atoms with Gasteiger partial charge in [0.2, 0.25) is 0 Å². The molecule has 0 aliphatic carbocycles. The second kappa shape index (κ2) is 13.5. The molecule has 1 rings (SSSR count). The number of ether oxygens (including phenoxy) is 1. The zero-order chi connectivity index (χ0) is 23.3. The summed E-state index contributed by atoms with van der Waals surface area (Å²) >= 11 is 0. The van der Waals surface area contributed by atoms with Crippen molar-refractivity contribution in [3.8, 4) is 0 Å². The standard InChI is InChI=1S/C23H39N5O3/c1-7-17(3)28-20(29)19-12-9-11-18(15-19)16-27-21(24-8-2)25-13-10-14-26-22(30)31-23(4,5)6/h9,11-12,15,17H,7-8,10,13-14,16H2,1-6H3,(H,26,30)(H,28,29)(H2,24,25,27). The van der Waals surface area contributed by atoms with E-state index in [9.17, 15) is 9.59 Å². The van der Waals surface area contributed by atoms with E-state index in [1.54, 1.807) is 0 Å². The van der Waals surface area contributed by atoms with Crippen molar-refractivity contribution in [1.82, 2.24) is 21.3 Å². The van der Waals surface area contributed by atoms with Gasteiger partial charge in [-0.2, -0.15) is 0 Å². The third kappa shape index (κ3) is 11.9. The highest BCUT2D eigenvalue weighted by Gasteiger charge is 2.15. The van der Waals surface area contributed by atoms with Crippen molar-refractivity contribution >= 4 is 18.0 Å². The Morgan fingerprint density at radius 2 is 1.81 bits per heavy atom. The van der Waals surface area contributed by atoms with Crippen molar-refractivity contribution in [3.63, 3.8) is 0 Å². The molecule has 2 amide bonds. The van der Waals surface area contributed by atoms with Gasteiger partial charge in [-0.25, -0.2) is 9.79 Å². The predicted octanol–water partition coefficient (Wildman–Crippen LogP) is 3.18. The smallest absolute Gasteiger partial charge is 0.407 e. The molecule has 0 saturated carbocycles. The molecule has 1 aromatic carbocycles. The summed E-state index contributed by atoms with van der Waals surface area (Å²) in [6.45, 7) is 13.9. The summed E-state index contributed by atoms with van der Waals surface area (Å²) < 4.78 is 5.21. The largest absolute Gasteiger partial charge is 0.444 e. The van der Waals surface area contributed by atoms with E-state index < -0.39 is 11.7 Å². The number of guanidine groups is 1. The SMILES string of the molecule is CCNC(=NCc1cccc(C(=O)NC(C)CC)c1)NCCCNC(=O)OC(C)(C)C. The Hall–Kier alpha value is -2.77. The predicted molar refractivity (Wildman–Crippen MR) is 125 cm³/mol. The number of benzene rings is 1. The van der Waals surface area contributed by atoms with Gasteiger partial charge in [0.1, 0.15) is 5.60 Å². The van der Waals surface area contributed by atoms with E-state index >= 15 is 0 Å². The highest BCUT2D eigenvalue weighted by Crippen LogP contribution is 2.08. The van der Waals surface area contributed by atoms with Gasteiger partial charge in [0.25, 0.3) is 5.91 Å². The Balaban J connectivity index is 2.52. The van der Waals surface area contributed by atoms with Crippen LogP contribution in [0.4, 0.5) is 4.79 Å². The molecule has 0 spiro atoms. The van der Waals surface area contributed by atoms with Crippen LogP contribution in [0.25, 0.3) is 0 Å². The first kappa shape index (κ1) is 26.3. The molecule has 31 heavy (non-hydrogen) atoms. The quantitative estimate of drug-likeness (QED) is 0.258. The van der Waals surface area contributed by atoms with Crippen LogP contribution >= 0.6 is 0 Å². The number of carbonyl (C=O) groups is 2. The second-order valence-electron chi connectivity index (χ2n) is 8.39. The van der Waals surface area contributed by atoms with Crippen LogP contribution in [0.2, 0.25) is 0 Å². The van der Waals surface area contributed by atoms with Crippen LogP contribution < -0.4 is 21.3 Å². The molecule has 1 atom stereocenters. The van der Waals surface area contributed by atoms with E-state index in [4.69, 9.17) is 4.74 Å². The fraction of sp³-hybridized carbons (Fsp3) is 0.609. The van der Waals surface area contributed by atoms with Gasteiger partial charge in [0, 0.05) is 31.2 Å². The Morgan fingerprint density at radius 3 is 2.45 bits per heavy atom. The molecule has 8 heteroatoms. The lowest BCUT2D eigenvalue weighted by Crippen LogP contribution is -2.39. The van der Waals surface area contributed by atoms with Gasteiger partial charge in [0.05, 0.1) is 6.54 Å². The van der Waals surface area contributed by atoms with E-state index in [1.165, 1.54) is 0 Å². The van der Waals surface area contributed by atoms with Crippen LogP contribution in [-0.4, -0.2) is 49.2 Å². The molecule has 4 N–H and O–H groups in total. The molecular weight excluding hydrogens is 394 g/mol. The van der Waals surface area contributed by atoms with Crippen LogP contribution in [0.1, 0.15) is 70.3 Å². The lowest BCUT2D eigenvalue weighted by molar-refractivity contribution is 0.0527. The molecule has 0 aromatic heterocycles. The fourth-order valence-electron chi connectivity index (χ4n) is 2.53. The van der Waals surface area contributed by atoms with Crippen molar-refractivity contribution in [3.05, 3.63) is 35.4 Å². The molecule has 0 aliphatic rings. The number of nitrogens with one attached hydrogen (secondary N) is 4. The number of aliphatic imine (C=N–C) groups is 1. The summed E-state index contributed by atoms with van der Waals surface area (Å²) in [5, 5.41) is 12.2. The van der Waals surface area contributed by atoms with Crippen LogP contribution in [0.15, 0.2) is 29.3 Å². The number of nitrogens with zero attached hydrogens (tertiary/aromatic N) is 1. The van der Waals surface area contributed by atoms with Crippen LogP contribution in [0, 0.1) is 0 Å². The third-order valence-corrected chi connectivity index (χ3v) is 4.26. The first-order valence-electron chi connectivity index (χ1n) is 11.0. The highest BCUT2D eigenvalue weighted by atomic mass is 16.6. The van der Waals surface area contributed by atoms with Gasteiger partial charge in [-0.15, -0.1) is 0 Å². The van der Waals surface area contributed by atoms with Crippen molar-refractivity contribution in [2.75, 3.05) is 19.6 Å². The summed E-state index contributed by atoms with van der Waals surface area (Å²) in [5.41, 5.74) is 1.10. The number of hydrogen-bond acceptors (Lipinski definition) is 4. The minimum Gasteiger partial charge on any atom is -0.444 e. The van der Waals surface area contributed by atoms with Gasteiger partial charge < -0.3 is 26.0 Å². The Kier molecular flexibility index (Phi) is 11.5. The molecule has 0 saturated heterocycles. The average Bonchev–Trinajstić information content (AvgIpc) is 2.70. The molecule has 0 heterocycles. The molecule has 0 radical (unpaired) electrons. The second-order valence-corrected chi connectivity index (χ2v) is 8.39. The van der Waals surface area contributed by atoms with Gasteiger partial charge >= 0.3 is 6.09 Å². The van der Waals surface area contributed by atoms with Crippen LogP contribution in [-0.2, 0) is 11.3 Å². The molecule has 1 aromatic rings. The molecular formula is C23H39N5O3. The lowest BCUT2D eigenvalue weighted by Gasteiger charge is -2.19. The Bertz CT molecular complexity index is 728. The fourth-order valence-corrected chi connectivity index (χ4v) is 2.53. The van der Waals surface area contributed by atoms with E-state index in [0.29, 0.717) is 31.2 Å². The lowest BCUT2D eigenvalue weighted by atomic mass is 10.1. The molecule has 0 bridgehead atoms. The van der Waals surface area contributed by atoms with Crippen molar-refractivity contribution in [2.45, 2.75) is 72.6 Å². The third-order valence-electron chi connectivity index (χ3n) is 4.26. The van der Waals surface area contributed by atoms with Crippen LogP contribution in [0.3, 0.4) is 0 Å². The first-order valence-corrected chi connectivity index (χ1v) is 11.0. The number of hydrogen-bond donors (Lipinski definition) is 4. The number of amides is 2. The van der Waals surface area contributed by atoms with Crippen molar-refractivity contribution in [2.24, 2.45) is 4.99 Å². The van der Waals surface area contributed by atoms with Gasteiger partial charge in [-0.05, 0) is 65.2 Å². The zero-order valence-corrected chi connectivity index (χ0v) is 19.8. The molecule has 1 unspecified atom stereocenters. The van der Waals surface area contributed by atoms with Gasteiger partial charge in [0.15, 0.2) is 5.96 Å². The summed E-state index contributed by atoms with van der Waals surface area (Å²) in [7, 11) is 0. The maximum Gasteiger partial charge on any atom is 0.407 e. The van der Waals surface area contributed by atoms with E-state index in [-0.39, 0.29) is 11.9 Å². The molecule has 0 aliphatic heterocycles. The Labute approximate surface area is 186 Å². The average molecular weight is 434 g/mol. The minimum atomic E-state index is -0.501. The van der Waals surface area contributed by atoms with E-state index in [2.05, 4.69) is 26.3 Å². The summed E-state index contributed by atoms with van der Waals surface area (Å²) in [4.78, 5) is 28.6. The molecule has 0 fully saturated rings. The van der Waals surface area contributed by atoms with Crippen molar-refractivity contribution in [1.29, 1.82) is 0 Å². The summed E-state index contributed by atoms with van der Waals surface area (Å²) in [6, 6.07) is 7.65. The number of alkyl carbamates (subject to hydrolysis) is 1. The maximum atomic E-state index is 12.3. The monoisotopic (exact) mass is 433 g/mol. The van der Waals surface area contributed by atoms with E-state index in [1.807, 2.05) is 65.8 Å². The highest BCUT2D eigenvalue weighted by molar-refractivity contribution is 5.94. The number of carbonyl (C=O) groups excluding carboxylic acids is 2. The zero-order valence-electron chi connectivity index (χ0n) is 19.8. The van der Waals surface area contributed by atoms with E-state index in [0.717, 1.165) is 24.9 Å². The summed E-state index contributed by atoms with van der Waals surface area (Å²) in [6.07, 6.45) is 1.21. The number of rotatable bonds is 10. The first-order chi connectivity index (χ1) is 14.6. The molecule has 8 nitrogen and oxygen atoms in total. The topological polar surface area (TPSA) is 104 Å². The minimum absolute atomic E-state index is 0.0669. The van der Waals surface area contributed by atoms with Crippen molar-refractivity contribution < 1.29 is 14.3 Å². The van der Waals surface area contributed by atoms with Crippen LogP contribution in [0.5, 0.6) is 0 Å². The molecule has 174 valence electrons. The normalized spacial score (nSPS) is 12.6. The summed E-state index contributed by atoms with van der Waals surface area (Å²) in [5.74, 6) is 0.622.